The molecule has 1 saturated heterocycles. The highest BCUT2D eigenvalue weighted by molar-refractivity contribution is 7.18. The van der Waals surface area contributed by atoms with Gasteiger partial charge in [0.05, 0.1) is 11.5 Å². The zero-order valence-corrected chi connectivity index (χ0v) is 16.6. The fraction of sp³-hybridized carbons (Fsp3) is 0.550. The molecular formula is C20H24N4O2S. The Morgan fingerprint density at radius 2 is 2.04 bits per heavy atom. The second kappa shape index (κ2) is 6.56. The molecule has 0 amide bonds. The minimum Gasteiger partial charge on any atom is -0.376 e. The molecule has 1 N–H and O–H groups in total. The number of aromatic nitrogens is 3. The smallest absolute Gasteiger partial charge is 0.283 e. The molecule has 3 aromatic rings. The van der Waals surface area contributed by atoms with Crippen LogP contribution in [0.3, 0.4) is 0 Å². The number of aryl methyl sites for hydroxylation is 3. The van der Waals surface area contributed by atoms with E-state index < -0.39 is 0 Å². The lowest BCUT2D eigenvalue weighted by Gasteiger charge is -2.22. The van der Waals surface area contributed by atoms with E-state index >= 15 is 0 Å². The third-order valence-corrected chi connectivity index (χ3v) is 7.03. The highest BCUT2D eigenvalue weighted by atomic mass is 32.1. The van der Waals surface area contributed by atoms with E-state index in [4.69, 9.17) is 14.8 Å². The maximum absolute atomic E-state index is 13.2. The monoisotopic (exact) mass is 384 g/mol. The second-order valence-electron chi connectivity index (χ2n) is 7.64. The Bertz CT molecular complexity index is 1100. The van der Waals surface area contributed by atoms with E-state index in [1.165, 1.54) is 15.6 Å². The van der Waals surface area contributed by atoms with Crippen LogP contribution in [-0.2, 0) is 17.6 Å². The summed E-state index contributed by atoms with van der Waals surface area (Å²) in [6.45, 7) is 5.63. The van der Waals surface area contributed by atoms with Gasteiger partial charge in [0.15, 0.2) is 11.5 Å². The molecule has 1 fully saturated rings. The fourth-order valence-corrected chi connectivity index (χ4v) is 5.32. The normalized spacial score (nSPS) is 19.7. The largest absolute Gasteiger partial charge is 0.376 e. The van der Waals surface area contributed by atoms with Gasteiger partial charge < -0.3 is 10.1 Å². The van der Waals surface area contributed by atoms with E-state index in [-0.39, 0.29) is 11.7 Å². The SMILES string of the molecule is Cc1sc2nc3c4c(c(NCC5CCCO5)nn3c(=O)c2c1C)CCCC4. The predicted octanol–water partition coefficient (Wildman–Crippen LogP) is 3.39. The molecule has 27 heavy (non-hydrogen) atoms. The van der Waals surface area contributed by atoms with Gasteiger partial charge in [0.25, 0.3) is 5.56 Å². The quantitative estimate of drug-likeness (QED) is 0.750. The van der Waals surface area contributed by atoms with Gasteiger partial charge in [0, 0.05) is 29.2 Å². The van der Waals surface area contributed by atoms with Crippen LogP contribution in [0, 0.1) is 13.8 Å². The Hall–Kier alpha value is -1.99. The van der Waals surface area contributed by atoms with Crippen LogP contribution in [0.25, 0.3) is 15.9 Å². The summed E-state index contributed by atoms with van der Waals surface area (Å²) in [5.74, 6) is 0.834. The zero-order valence-electron chi connectivity index (χ0n) is 15.8. The van der Waals surface area contributed by atoms with E-state index in [2.05, 4.69) is 5.32 Å². The van der Waals surface area contributed by atoms with Gasteiger partial charge in [-0.3, -0.25) is 4.79 Å². The van der Waals surface area contributed by atoms with Crippen molar-refractivity contribution in [1.82, 2.24) is 14.6 Å². The molecule has 4 heterocycles. The molecule has 0 radical (unpaired) electrons. The summed E-state index contributed by atoms with van der Waals surface area (Å²) in [7, 11) is 0. The first-order chi connectivity index (χ1) is 13.1. The summed E-state index contributed by atoms with van der Waals surface area (Å²) in [6, 6.07) is 0. The highest BCUT2D eigenvalue weighted by Crippen LogP contribution is 2.32. The molecule has 7 heteroatoms. The minimum atomic E-state index is -0.0506. The van der Waals surface area contributed by atoms with Crippen molar-refractivity contribution in [2.45, 2.75) is 58.5 Å². The Kier molecular flexibility index (Phi) is 4.16. The molecule has 1 aliphatic carbocycles. The van der Waals surface area contributed by atoms with Crippen LogP contribution in [0.2, 0.25) is 0 Å². The average molecular weight is 385 g/mol. The van der Waals surface area contributed by atoms with Crippen molar-refractivity contribution >= 4 is 33.0 Å². The number of hydrogen-bond donors (Lipinski definition) is 1. The standard InChI is InChI=1S/C20H24N4O2S/c1-11-12(2)27-19-16(11)20(25)24-18(22-19)15-8-4-3-7-14(15)17(23-24)21-10-13-6-5-9-26-13/h13H,3-10H2,1-2H3,(H,21,23). The van der Waals surface area contributed by atoms with Crippen LogP contribution in [0.1, 0.15) is 47.3 Å². The van der Waals surface area contributed by atoms with E-state index in [9.17, 15) is 4.79 Å². The summed E-state index contributed by atoms with van der Waals surface area (Å²) in [4.78, 5) is 20.1. The molecule has 5 rings (SSSR count). The van der Waals surface area contributed by atoms with Crippen molar-refractivity contribution in [3.05, 3.63) is 31.9 Å². The molecule has 0 aromatic carbocycles. The van der Waals surface area contributed by atoms with Crippen LogP contribution in [0.15, 0.2) is 4.79 Å². The van der Waals surface area contributed by atoms with Crippen LogP contribution >= 0.6 is 11.3 Å². The third kappa shape index (κ3) is 2.75. The summed E-state index contributed by atoms with van der Waals surface area (Å²) in [6.07, 6.45) is 6.67. The van der Waals surface area contributed by atoms with Gasteiger partial charge in [-0.25, -0.2) is 4.98 Å². The third-order valence-electron chi connectivity index (χ3n) is 5.93. The van der Waals surface area contributed by atoms with Gasteiger partial charge in [-0.1, -0.05) is 0 Å². The number of nitrogens with zero attached hydrogens (tertiary/aromatic N) is 3. The topological polar surface area (TPSA) is 68.5 Å². The first-order valence-corrected chi connectivity index (χ1v) is 10.6. The molecule has 0 saturated carbocycles. The number of ether oxygens (including phenoxy) is 1. The Morgan fingerprint density at radius 3 is 2.81 bits per heavy atom. The van der Waals surface area contributed by atoms with Crippen molar-refractivity contribution in [2.24, 2.45) is 0 Å². The molecule has 0 spiro atoms. The van der Waals surface area contributed by atoms with Gasteiger partial charge in [-0.15, -0.1) is 16.4 Å². The summed E-state index contributed by atoms with van der Waals surface area (Å²) in [5, 5.41) is 8.92. The van der Waals surface area contributed by atoms with Crippen molar-refractivity contribution in [2.75, 3.05) is 18.5 Å². The van der Waals surface area contributed by atoms with E-state index in [1.54, 1.807) is 11.3 Å². The molecule has 3 aromatic heterocycles. The summed E-state index contributed by atoms with van der Waals surface area (Å²) in [5.41, 5.74) is 4.14. The maximum atomic E-state index is 13.2. The molecule has 1 aliphatic heterocycles. The first kappa shape index (κ1) is 17.1. The van der Waals surface area contributed by atoms with Crippen LogP contribution in [-0.4, -0.2) is 33.9 Å². The number of anilines is 1. The predicted molar refractivity (Wildman–Crippen MR) is 108 cm³/mol. The number of fused-ring (bicyclic) bond motifs is 4. The molecule has 0 bridgehead atoms. The molecule has 1 atom stereocenters. The number of hydrogen-bond acceptors (Lipinski definition) is 6. The van der Waals surface area contributed by atoms with Gasteiger partial charge in [-0.05, 0) is 57.9 Å². The molecular weight excluding hydrogens is 360 g/mol. The van der Waals surface area contributed by atoms with Gasteiger partial charge in [0.2, 0.25) is 0 Å². The summed E-state index contributed by atoms with van der Waals surface area (Å²) < 4.78 is 7.27. The second-order valence-corrected chi connectivity index (χ2v) is 8.85. The summed E-state index contributed by atoms with van der Waals surface area (Å²) >= 11 is 1.61. The highest BCUT2D eigenvalue weighted by Gasteiger charge is 2.24. The van der Waals surface area contributed by atoms with E-state index in [0.717, 1.165) is 78.4 Å². The van der Waals surface area contributed by atoms with E-state index in [1.807, 2.05) is 13.8 Å². The van der Waals surface area contributed by atoms with Gasteiger partial charge >= 0.3 is 0 Å². The van der Waals surface area contributed by atoms with Gasteiger partial charge in [-0.2, -0.15) is 4.52 Å². The molecule has 6 nitrogen and oxygen atoms in total. The van der Waals surface area contributed by atoms with Crippen LogP contribution < -0.4 is 10.9 Å². The molecule has 1 unspecified atom stereocenters. The van der Waals surface area contributed by atoms with Crippen LogP contribution in [0.4, 0.5) is 5.82 Å². The lowest BCUT2D eigenvalue weighted by atomic mass is 9.93. The molecule has 142 valence electrons. The first-order valence-electron chi connectivity index (χ1n) is 9.83. The average Bonchev–Trinajstić information content (AvgIpc) is 3.29. The van der Waals surface area contributed by atoms with Crippen molar-refractivity contribution in [3.8, 4) is 0 Å². The lowest BCUT2D eigenvalue weighted by Crippen LogP contribution is -2.26. The Labute approximate surface area is 161 Å². The van der Waals surface area contributed by atoms with E-state index in [0.29, 0.717) is 5.39 Å². The Balaban J connectivity index is 1.70. The van der Waals surface area contributed by atoms with Crippen molar-refractivity contribution in [3.63, 3.8) is 0 Å². The maximum Gasteiger partial charge on any atom is 0.283 e. The van der Waals surface area contributed by atoms with Gasteiger partial charge in [0.1, 0.15) is 4.83 Å². The zero-order chi connectivity index (χ0) is 18.5. The lowest BCUT2D eigenvalue weighted by molar-refractivity contribution is 0.120. The molecule has 2 aliphatic rings. The number of thiophene rings is 1. The fourth-order valence-electron chi connectivity index (χ4n) is 4.30. The number of rotatable bonds is 3. The number of nitrogens with one attached hydrogen (secondary N) is 1. The minimum absolute atomic E-state index is 0.0506. The van der Waals surface area contributed by atoms with Crippen LogP contribution in [0.5, 0.6) is 0 Å². The van der Waals surface area contributed by atoms with Crippen molar-refractivity contribution < 1.29 is 4.74 Å². The van der Waals surface area contributed by atoms with Crippen molar-refractivity contribution in [1.29, 1.82) is 0 Å². The Morgan fingerprint density at radius 1 is 1.22 bits per heavy atom.